The number of ether oxygens (including phenoxy) is 1. The molecule has 0 unspecified atom stereocenters. The molecule has 1 aromatic carbocycles. The standard InChI is InChI=1S/C16H17BrN2O2S/c1-11(2)12-3-5-13(6-4-12)21-10-16(20)19-18-9-14-7-8-15(17)22-14/h3-9,11H,10H2,1-2H3,(H,19,20)/b18-9+. The van der Waals surface area contributed by atoms with Crippen molar-refractivity contribution in [1.29, 1.82) is 0 Å². The van der Waals surface area contributed by atoms with Gasteiger partial charge in [0, 0.05) is 4.88 Å². The van der Waals surface area contributed by atoms with Crippen molar-refractivity contribution in [2.24, 2.45) is 5.10 Å². The number of benzene rings is 1. The van der Waals surface area contributed by atoms with Crippen LogP contribution in [0.1, 0.15) is 30.2 Å². The molecular weight excluding hydrogens is 364 g/mol. The molecule has 4 nitrogen and oxygen atoms in total. The number of halogens is 1. The van der Waals surface area contributed by atoms with E-state index in [1.165, 1.54) is 16.9 Å². The minimum atomic E-state index is -0.292. The Bertz CT molecular complexity index is 650. The zero-order valence-electron chi connectivity index (χ0n) is 12.4. The summed E-state index contributed by atoms with van der Waals surface area (Å²) in [5, 5.41) is 3.89. The molecule has 0 aliphatic carbocycles. The Kier molecular flexibility index (Phi) is 6.15. The summed E-state index contributed by atoms with van der Waals surface area (Å²) in [6.45, 7) is 4.20. The van der Waals surface area contributed by atoms with Gasteiger partial charge in [-0.25, -0.2) is 5.43 Å². The van der Waals surface area contributed by atoms with E-state index in [2.05, 4.69) is 40.3 Å². The van der Waals surface area contributed by atoms with Crippen molar-refractivity contribution in [1.82, 2.24) is 5.43 Å². The van der Waals surface area contributed by atoms with Crippen LogP contribution in [-0.2, 0) is 4.79 Å². The van der Waals surface area contributed by atoms with Crippen LogP contribution >= 0.6 is 27.3 Å². The number of hydrogen-bond acceptors (Lipinski definition) is 4. The summed E-state index contributed by atoms with van der Waals surface area (Å²) < 4.78 is 6.44. The summed E-state index contributed by atoms with van der Waals surface area (Å²) in [4.78, 5) is 12.6. The van der Waals surface area contributed by atoms with Crippen LogP contribution in [0, 0.1) is 0 Å². The summed E-state index contributed by atoms with van der Waals surface area (Å²) in [5.41, 5.74) is 3.68. The number of nitrogens with one attached hydrogen (secondary N) is 1. The molecule has 0 aliphatic rings. The third-order valence-corrected chi connectivity index (χ3v) is 4.45. The highest BCUT2D eigenvalue weighted by Crippen LogP contribution is 2.20. The van der Waals surface area contributed by atoms with Gasteiger partial charge in [0.05, 0.1) is 10.0 Å². The van der Waals surface area contributed by atoms with Crippen LogP contribution in [0.2, 0.25) is 0 Å². The van der Waals surface area contributed by atoms with Crippen LogP contribution in [0.5, 0.6) is 5.75 Å². The van der Waals surface area contributed by atoms with Gasteiger partial charge in [-0.15, -0.1) is 11.3 Å². The van der Waals surface area contributed by atoms with Crippen LogP contribution in [0.25, 0.3) is 0 Å². The van der Waals surface area contributed by atoms with Crippen LogP contribution in [0.3, 0.4) is 0 Å². The fourth-order valence-electron chi connectivity index (χ4n) is 1.70. The molecule has 0 saturated heterocycles. The van der Waals surface area contributed by atoms with Crippen molar-refractivity contribution >= 4 is 39.4 Å². The van der Waals surface area contributed by atoms with Gasteiger partial charge in [0.2, 0.25) is 0 Å². The number of hydrogen-bond donors (Lipinski definition) is 1. The van der Waals surface area contributed by atoms with E-state index in [-0.39, 0.29) is 12.5 Å². The number of amides is 1. The summed E-state index contributed by atoms with van der Waals surface area (Å²) >= 11 is 4.91. The largest absolute Gasteiger partial charge is 0.484 e. The van der Waals surface area contributed by atoms with Gasteiger partial charge >= 0.3 is 0 Å². The zero-order valence-corrected chi connectivity index (χ0v) is 14.8. The Morgan fingerprint density at radius 1 is 1.32 bits per heavy atom. The topological polar surface area (TPSA) is 50.7 Å². The lowest BCUT2D eigenvalue weighted by Gasteiger charge is -2.08. The van der Waals surface area contributed by atoms with Crippen molar-refractivity contribution in [3.05, 3.63) is 50.6 Å². The van der Waals surface area contributed by atoms with Crippen LogP contribution in [0.4, 0.5) is 0 Å². The molecule has 1 aromatic heterocycles. The third kappa shape index (κ3) is 5.27. The second kappa shape index (κ2) is 8.10. The highest BCUT2D eigenvalue weighted by Gasteiger charge is 2.03. The number of nitrogens with zero attached hydrogens (tertiary/aromatic N) is 1. The first-order chi connectivity index (χ1) is 10.5. The lowest BCUT2D eigenvalue weighted by Crippen LogP contribution is -2.24. The Labute approximate surface area is 142 Å². The first-order valence-electron chi connectivity index (χ1n) is 6.84. The third-order valence-electron chi connectivity index (χ3n) is 2.89. The number of rotatable bonds is 6. The Balaban J connectivity index is 1.76. The van der Waals surface area contributed by atoms with E-state index < -0.39 is 0 Å². The fourth-order valence-corrected chi connectivity index (χ4v) is 2.99. The second-order valence-electron chi connectivity index (χ2n) is 4.95. The van der Waals surface area contributed by atoms with Gasteiger partial charge in [0.1, 0.15) is 5.75 Å². The molecule has 0 atom stereocenters. The molecule has 0 saturated carbocycles. The second-order valence-corrected chi connectivity index (χ2v) is 7.44. The van der Waals surface area contributed by atoms with E-state index in [9.17, 15) is 4.79 Å². The van der Waals surface area contributed by atoms with Crippen LogP contribution in [0.15, 0.2) is 45.3 Å². The van der Waals surface area contributed by atoms with Gasteiger partial charge in [-0.2, -0.15) is 5.10 Å². The van der Waals surface area contributed by atoms with Crippen LogP contribution < -0.4 is 10.2 Å². The summed E-state index contributed by atoms with van der Waals surface area (Å²) in [5.74, 6) is 0.856. The number of carbonyl (C=O) groups excluding carboxylic acids is 1. The molecule has 116 valence electrons. The maximum absolute atomic E-state index is 11.6. The maximum atomic E-state index is 11.6. The van der Waals surface area contributed by atoms with E-state index in [4.69, 9.17) is 4.74 Å². The molecule has 0 fully saturated rings. The smallest absolute Gasteiger partial charge is 0.277 e. The van der Waals surface area contributed by atoms with E-state index in [0.29, 0.717) is 11.7 Å². The average molecular weight is 381 g/mol. The van der Waals surface area contributed by atoms with Gasteiger partial charge in [0.15, 0.2) is 6.61 Å². The van der Waals surface area contributed by atoms with Gasteiger partial charge in [-0.1, -0.05) is 26.0 Å². The molecule has 1 N–H and O–H groups in total. The van der Waals surface area contributed by atoms with Crippen molar-refractivity contribution < 1.29 is 9.53 Å². The first-order valence-corrected chi connectivity index (χ1v) is 8.45. The molecular formula is C16H17BrN2O2S. The van der Waals surface area contributed by atoms with Crippen LogP contribution in [-0.4, -0.2) is 18.7 Å². The van der Waals surface area contributed by atoms with E-state index in [1.54, 1.807) is 6.21 Å². The minimum Gasteiger partial charge on any atom is -0.484 e. The molecule has 0 radical (unpaired) electrons. The number of thiophene rings is 1. The fraction of sp³-hybridized carbons (Fsp3) is 0.250. The predicted molar refractivity (Wildman–Crippen MR) is 93.8 cm³/mol. The highest BCUT2D eigenvalue weighted by atomic mass is 79.9. The predicted octanol–water partition coefficient (Wildman–Crippen LogP) is 4.16. The van der Waals surface area contributed by atoms with Gasteiger partial charge in [-0.05, 0) is 51.7 Å². The van der Waals surface area contributed by atoms with E-state index in [0.717, 1.165) is 8.66 Å². The lowest BCUT2D eigenvalue weighted by atomic mass is 10.0. The average Bonchev–Trinajstić information content (AvgIpc) is 2.91. The number of carbonyl (C=O) groups is 1. The molecule has 6 heteroatoms. The molecule has 22 heavy (non-hydrogen) atoms. The summed E-state index contributed by atoms with van der Waals surface area (Å²) in [6, 6.07) is 11.6. The molecule has 0 spiro atoms. The number of hydrazone groups is 1. The summed E-state index contributed by atoms with van der Waals surface area (Å²) in [6.07, 6.45) is 1.60. The quantitative estimate of drug-likeness (QED) is 0.603. The lowest BCUT2D eigenvalue weighted by molar-refractivity contribution is -0.123. The summed E-state index contributed by atoms with van der Waals surface area (Å²) in [7, 11) is 0. The molecule has 2 rings (SSSR count). The Morgan fingerprint density at radius 3 is 2.64 bits per heavy atom. The Morgan fingerprint density at radius 2 is 2.05 bits per heavy atom. The van der Waals surface area contributed by atoms with Gasteiger partial charge < -0.3 is 4.74 Å². The highest BCUT2D eigenvalue weighted by molar-refractivity contribution is 9.11. The SMILES string of the molecule is CC(C)c1ccc(OCC(=O)N/N=C/c2ccc(Br)s2)cc1. The zero-order chi connectivity index (χ0) is 15.9. The molecule has 1 amide bonds. The monoisotopic (exact) mass is 380 g/mol. The van der Waals surface area contributed by atoms with E-state index in [1.807, 2.05) is 36.4 Å². The van der Waals surface area contributed by atoms with E-state index >= 15 is 0 Å². The maximum Gasteiger partial charge on any atom is 0.277 e. The van der Waals surface area contributed by atoms with Crippen molar-refractivity contribution in [2.75, 3.05) is 6.61 Å². The van der Waals surface area contributed by atoms with Crippen molar-refractivity contribution in [3.8, 4) is 5.75 Å². The van der Waals surface area contributed by atoms with Gasteiger partial charge in [0.25, 0.3) is 5.91 Å². The first kappa shape index (κ1) is 16.7. The van der Waals surface area contributed by atoms with Crippen molar-refractivity contribution in [2.45, 2.75) is 19.8 Å². The minimum absolute atomic E-state index is 0.0630. The Hall–Kier alpha value is -1.66. The van der Waals surface area contributed by atoms with Crippen molar-refractivity contribution in [3.63, 3.8) is 0 Å². The molecule has 1 heterocycles. The molecule has 2 aromatic rings. The molecule has 0 bridgehead atoms. The normalized spacial score (nSPS) is 11.1. The molecule has 0 aliphatic heterocycles. The van der Waals surface area contributed by atoms with Gasteiger partial charge in [-0.3, -0.25) is 4.79 Å².